The average Bonchev–Trinajstić information content (AvgIpc) is 2.19. The monoisotopic (exact) mass is 212 g/mol. The first-order valence-corrected chi connectivity index (χ1v) is 4.60. The Morgan fingerprint density at radius 3 is 2.53 bits per heavy atom. The molecule has 82 valence electrons. The summed E-state index contributed by atoms with van der Waals surface area (Å²) in [5, 5.41) is 17.9. The zero-order valence-corrected chi connectivity index (χ0v) is 8.57. The lowest BCUT2D eigenvalue weighted by atomic mass is 9.94. The molecule has 2 unspecified atom stereocenters. The summed E-state index contributed by atoms with van der Waals surface area (Å²) in [4.78, 5) is 10.5. The molecule has 0 radical (unpaired) electrons. The molecule has 0 heterocycles. The van der Waals surface area contributed by atoms with E-state index in [1.807, 2.05) is 0 Å². The van der Waals surface area contributed by atoms with Gasteiger partial charge in [0.1, 0.15) is 5.82 Å². The highest BCUT2D eigenvalue weighted by atomic mass is 19.1. The predicted molar refractivity (Wildman–Crippen MR) is 53.2 cm³/mol. The van der Waals surface area contributed by atoms with Gasteiger partial charge >= 0.3 is 5.97 Å². The van der Waals surface area contributed by atoms with Crippen molar-refractivity contribution in [1.82, 2.24) is 0 Å². The second kappa shape index (κ2) is 4.40. The van der Waals surface area contributed by atoms with E-state index >= 15 is 0 Å². The molecule has 1 aromatic rings. The first kappa shape index (κ1) is 11.7. The molecule has 3 nitrogen and oxygen atoms in total. The number of halogens is 1. The maximum atomic E-state index is 13.2. The van der Waals surface area contributed by atoms with Gasteiger partial charge in [0.2, 0.25) is 0 Å². The van der Waals surface area contributed by atoms with E-state index in [0.717, 1.165) is 0 Å². The van der Waals surface area contributed by atoms with Crippen molar-refractivity contribution in [3.05, 3.63) is 35.1 Å². The number of aryl methyl sites for hydroxylation is 1. The Kier molecular flexibility index (Phi) is 3.42. The van der Waals surface area contributed by atoms with Crippen molar-refractivity contribution < 1.29 is 19.4 Å². The Labute approximate surface area is 87.2 Å². The van der Waals surface area contributed by atoms with Gasteiger partial charge in [-0.25, -0.2) is 9.18 Å². The molecule has 1 aromatic carbocycles. The number of carbonyl (C=O) groups is 1. The molecule has 0 saturated carbocycles. The van der Waals surface area contributed by atoms with Gasteiger partial charge in [-0.05, 0) is 24.1 Å². The molecule has 0 fully saturated rings. The van der Waals surface area contributed by atoms with Gasteiger partial charge in [-0.15, -0.1) is 0 Å². The van der Waals surface area contributed by atoms with Gasteiger partial charge in [-0.2, -0.15) is 0 Å². The molecule has 0 bridgehead atoms. The maximum absolute atomic E-state index is 13.2. The standard InChI is InChI=1S/C11H13FO3/c1-6-3-4-8(5-9(6)12)7(2)10(13)11(14)15/h3-5,7,10,13H,1-2H3,(H,14,15). The van der Waals surface area contributed by atoms with Crippen LogP contribution in [-0.2, 0) is 4.79 Å². The molecule has 2 atom stereocenters. The van der Waals surface area contributed by atoms with Crippen LogP contribution in [0.1, 0.15) is 24.0 Å². The van der Waals surface area contributed by atoms with E-state index in [-0.39, 0.29) is 0 Å². The van der Waals surface area contributed by atoms with Gasteiger partial charge < -0.3 is 10.2 Å². The molecule has 15 heavy (non-hydrogen) atoms. The lowest BCUT2D eigenvalue weighted by Gasteiger charge is -2.15. The number of aliphatic hydroxyl groups is 1. The molecule has 4 heteroatoms. The Balaban J connectivity index is 2.96. The zero-order chi connectivity index (χ0) is 11.6. The van der Waals surface area contributed by atoms with Crippen LogP contribution in [0.2, 0.25) is 0 Å². The Morgan fingerprint density at radius 1 is 1.47 bits per heavy atom. The zero-order valence-electron chi connectivity index (χ0n) is 8.57. The van der Waals surface area contributed by atoms with Crippen LogP contribution in [0.3, 0.4) is 0 Å². The minimum atomic E-state index is -1.51. The molecule has 0 aromatic heterocycles. The highest BCUT2D eigenvalue weighted by molar-refractivity contribution is 5.73. The fraction of sp³-hybridized carbons (Fsp3) is 0.364. The minimum absolute atomic E-state index is 0.392. The van der Waals surface area contributed by atoms with Gasteiger partial charge in [0.15, 0.2) is 6.10 Å². The summed E-state index contributed by atoms with van der Waals surface area (Å²) >= 11 is 0. The predicted octanol–water partition coefficient (Wildman–Crippen LogP) is 1.68. The van der Waals surface area contributed by atoms with Crippen LogP contribution in [0.25, 0.3) is 0 Å². The topological polar surface area (TPSA) is 57.5 Å². The summed E-state index contributed by atoms with van der Waals surface area (Å²) in [5.74, 6) is -2.32. The second-order valence-corrected chi connectivity index (χ2v) is 3.58. The molecule has 0 aliphatic heterocycles. The largest absolute Gasteiger partial charge is 0.479 e. The van der Waals surface area contributed by atoms with Gasteiger partial charge in [-0.3, -0.25) is 0 Å². The van der Waals surface area contributed by atoms with E-state index in [9.17, 15) is 14.3 Å². The van der Waals surface area contributed by atoms with Crippen molar-refractivity contribution in [3.8, 4) is 0 Å². The third-order valence-corrected chi connectivity index (χ3v) is 2.45. The normalized spacial score (nSPS) is 14.7. The first-order valence-electron chi connectivity index (χ1n) is 4.60. The summed E-state index contributed by atoms with van der Waals surface area (Å²) in [7, 11) is 0. The van der Waals surface area contributed by atoms with Crippen LogP contribution in [0.15, 0.2) is 18.2 Å². The van der Waals surface area contributed by atoms with Crippen molar-refractivity contribution in [2.24, 2.45) is 0 Å². The summed E-state index contributed by atoms with van der Waals surface area (Å²) < 4.78 is 13.2. The Hall–Kier alpha value is -1.42. The van der Waals surface area contributed by atoms with Crippen molar-refractivity contribution >= 4 is 5.97 Å². The fourth-order valence-electron chi connectivity index (χ4n) is 1.29. The highest BCUT2D eigenvalue weighted by Crippen LogP contribution is 2.21. The third-order valence-electron chi connectivity index (χ3n) is 2.45. The number of aliphatic hydroxyl groups excluding tert-OH is 1. The van der Waals surface area contributed by atoms with Crippen LogP contribution in [0.5, 0.6) is 0 Å². The molecule has 0 aliphatic carbocycles. The SMILES string of the molecule is Cc1ccc(C(C)C(O)C(=O)O)cc1F. The van der Waals surface area contributed by atoms with E-state index < -0.39 is 23.8 Å². The lowest BCUT2D eigenvalue weighted by molar-refractivity contribution is -0.147. The molecular weight excluding hydrogens is 199 g/mol. The quantitative estimate of drug-likeness (QED) is 0.801. The number of rotatable bonds is 3. The number of benzene rings is 1. The number of hydrogen-bond acceptors (Lipinski definition) is 2. The van der Waals surface area contributed by atoms with Gasteiger partial charge in [0.25, 0.3) is 0 Å². The van der Waals surface area contributed by atoms with E-state index in [0.29, 0.717) is 11.1 Å². The third kappa shape index (κ3) is 2.53. The molecule has 0 amide bonds. The molecule has 0 saturated heterocycles. The molecule has 1 rings (SSSR count). The van der Waals surface area contributed by atoms with Crippen molar-refractivity contribution in [1.29, 1.82) is 0 Å². The molecule has 0 spiro atoms. The first-order chi connectivity index (χ1) is 6.93. The Morgan fingerprint density at radius 2 is 2.07 bits per heavy atom. The van der Waals surface area contributed by atoms with Gasteiger partial charge in [0.05, 0.1) is 0 Å². The van der Waals surface area contributed by atoms with Crippen LogP contribution >= 0.6 is 0 Å². The second-order valence-electron chi connectivity index (χ2n) is 3.58. The average molecular weight is 212 g/mol. The van der Waals surface area contributed by atoms with Crippen LogP contribution in [0, 0.1) is 12.7 Å². The summed E-state index contributed by atoms with van der Waals surface area (Å²) in [6.45, 7) is 3.17. The number of carboxylic acid groups (broad SMARTS) is 1. The fourth-order valence-corrected chi connectivity index (χ4v) is 1.29. The van der Waals surface area contributed by atoms with E-state index in [1.54, 1.807) is 26.0 Å². The van der Waals surface area contributed by atoms with Crippen molar-refractivity contribution in [2.75, 3.05) is 0 Å². The number of aliphatic carboxylic acids is 1. The van der Waals surface area contributed by atoms with Crippen LogP contribution in [-0.4, -0.2) is 22.3 Å². The number of hydrogen-bond donors (Lipinski definition) is 2. The van der Waals surface area contributed by atoms with Crippen LogP contribution in [0.4, 0.5) is 4.39 Å². The molecule has 0 aliphatic rings. The van der Waals surface area contributed by atoms with Crippen LogP contribution < -0.4 is 0 Å². The highest BCUT2D eigenvalue weighted by Gasteiger charge is 2.23. The smallest absolute Gasteiger partial charge is 0.333 e. The van der Waals surface area contributed by atoms with Gasteiger partial charge in [-0.1, -0.05) is 19.1 Å². The maximum Gasteiger partial charge on any atom is 0.333 e. The summed E-state index contributed by atoms with van der Waals surface area (Å²) in [5.41, 5.74) is 0.976. The van der Waals surface area contributed by atoms with Crippen molar-refractivity contribution in [2.45, 2.75) is 25.9 Å². The molecule has 2 N–H and O–H groups in total. The lowest BCUT2D eigenvalue weighted by Crippen LogP contribution is -2.25. The minimum Gasteiger partial charge on any atom is -0.479 e. The van der Waals surface area contributed by atoms with E-state index in [4.69, 9.17) is 5.11 Å². The molecular formula is C11H13FO3. The van der Waals surface area contributed by atoms with Crippen molar-refractivity contribution in [3.63, 3.8) is 0 Å². The summed E-state index contributed by atoms with van der Waals surface area (Å²) in [6, 6.07) is 4.44. The Bertz CT molecular complexity index is 376. The van der Waals surface area contributed by atoms with E-state index in [2.05, 4.69) is 0 Å². The van der Waals surface area contributed by atoms with E-state index in [1.165, 1.54) is 6.07 Å². The number of carboxylic acids is 1. The summed E-state index contributed by atoms with van der Waals surface area (Å²) in [6.07, 6.45) is -1.51. The van der Waals surface area contributed by atoms with Gasteiger partial charge in [0, 0.05) is 5.92 Å².